The minimum atomic E-state index is -0.228. The largest absolute Gasteiger partial charge is 0.486 e. The van der Waals surface area contributed by atoms with Gasteiger partial charge in [0.05, 0.1) is 13.2 Å². The summed E-state index contributed by atoms with van der Waals surface area (Å²) in [6, 6.07) is 8.06. The summed E-state index contributed by atoms with van der Waals surface area (Å²) in [5.41, 5.74) is 0.998. The molecule has 29 heavy (non-hydrogen) atoms. The molecule has 0 aliphatic heterocycles. The maximum Gasteiger partial charge on any atom is 0.410 e. The molecule has 4 nitrogen and oxygen atoms in total. The summed E-state index contributed by atoms with van der Waals surface area (Å²) in [4.78, 5) is 14.9. The molecule has 2 rings (SSSR count). The molecule has 2 atom stereocenters. The topological polar surface area (TPSA) is 38.8 Å². The molecule has 1 amide bonds. The van der Waals surface area contributed by atoms with E-state index in [4.69, 9.17) is 9.47 Å². The molecule has 0 saturated heterocycles. The molecule has 0 radical (unpaired) electrons. The summed E-state index contributed by atoms with van der Waals surface area (Å²) in [5.74, 6) is 1.82. The number of carbonyl (C=O) groups is 1. The maximum atomic E-state index is 13.0. The van der Waals surface area contributed by atoms with Gasteiger partial charge in [-0.25, -0.2) is 4.79 Å². The smallest absolute Gasteiger partial charge is 0.410 e. The number of hydrogen-bond acceptors (Lipinski definition) is 3. The second-order valence-corrected chi connectivity index (χ2v) is 8.85. The fourth-order valence-electron chi connectivity index (χ4n) is 3.94. The van der Waals surface area contributed by atoms with E-state index in [1.54, 1.807) is 6.08 Å². The normalized spacial score (nSPS) is 16.9. The second-order valence-electron chi connectivity index (χ2n) is 8.85. The van der Waals surface area contributed by atoms with Crippen molar-refractivity contribution in [3.8, 4) is 5.75 Å². The van der Waals surface area contributed by atoms with Crippen LogP contribution in [0.5, 0.6) is 5.75 Å². The Bertz CT molecular complexity index is 637. The van der Waals surface area contributed by atoms with Crippen LogP contribution in [0.3, 0.4) is 0 Å². The van der Waals surface area contributed by atoms with E-state index in [0.717, 1.165) is 17.7 Å². The van der Waals surface area contributed by atoms with Crippen LogP contribution in [-0.2, 0) is 11.3 Å². The zero-order valence-electron chi connectivity index (χ0n) is 18.7. The quantitative estimate of drug-likeness (QED) is 0.415. The minimum absolute atomic E-state index is 0.0860. The number of benzene rings is 1. The van der Waals surface area contributed by atoms with Gasteiger partial charge in [-0.3, -0.25) is 0 Å². The number of nitrogens with zero attached hydrogens (tertiary/aromatic N) is 1. The van der Waals surface area contributed by atoms with Crippen LogP contribution >= 0.6 is 0 Å². The van der Waals surface area contributed by atoms with Crippen LogP contribution in [-0.4, -0.2) is 29.7 Å². The lowest BCUT2D eigenvalue weighted by Gasteiger charge is -2.33. The Morgan fingerprint density at radius 1 is 1.17 bits per heavy atom. The first kappa shape index (κ1) is 23.3. The summed E-state index contributed by atoms with van der Waals surface area (Å²) >= 11 is 0. The van der Waals surface area contributed by atoms with Gasteiger partial charge in [0.1, 0.15) is 11.9 Å². The molecule has 0 aromatic heterocycles. The van der Waals surface area contributed by atoms with Crippen molar-refractivity contribution in [2.75, 3.05) is 6.61 Å². The van der Waals surface area contributed by atoms with Crippen molar-refractivity contribution in [2.24, 2.45) is 11.8 Å². The number of ether oxygens (including phenoxy) is 2. The predicted molar refractivity (Wildman–Crippen MR) is 119 cm³/mol. The third kappa shape index (κ3) is 7.75. The maximum absolute atomic E-state index is 13.0. The van der Waals surface area contributed by atoms with Gasteiger partial charge in [-0.2, -0.15) is 0 Å². The van der Waals surface area contributed by atoms with Gasteiger partial charge < -0.3 is 14.4 Å². The third-order valence-corrected chi connectivity index (χ3v) is 5.66. The van der Waals surface area contributed by atoms with Gasteiger partial charge in [-0.05, 0) is 38.2 Å². The highest BCUT2D eigenvalue weighted by atomic mass is 16.6. The van der Waals surface area contributed by atoms with E-state index in [-0.39, 0.29) is 18.2 Å². The van der Waals surface area contributed by atoms with Crippen LogP contribution in [0.4, 0.5) is 4.79 Å². The number of amides is 1. The first-order valence-electron chi connectivity index (χ1n) is 11.2. The summed E-state index contributed by atoms with van der Waals surface area (Å²) in [6.07, 6.45) is 9.00. The monoisotopic (exact) mass is 401 g/mol. The molecule has 1 fully saturated rings. The van der Waals surface area contributed by atoms with E-state index in [9.17, 15) is 4.79 Å². The van der Waals surface area contributed by atoms with Crippen molar-refractivity contribution in [1.82, 2.24) is 4.90 Å². The molecule has 1 aliphatic rings. The van der Waals surface area contributed by atoms with Gasteiger partial charge in [0, 0.05) is 11.6 Å². The van der Waals surface area contributed by atoms with E-state index >= 15 is 0 Å². The molecule has 162 valence electrons. The Kier molecular flexibility index (Phi) is 9.56. The van der Waals surface area contributed by atoms with Crippen molar-refractivity contribution >= 4 is 6.09 Å². The molecule has 1 aromatic carbocycles. The number of carbonyl (C=O) groups excluding carboxylic acids is 1. The highest BCUT2D eigenvalue weighted by Gasteiger charge is 2.26. The summed E-state index contributed by atoms with van der Waals surface area (Å²) in [6.45, 7) is 13.0. The molecule has 4 heteroatoms. The van der Waals surface area contributed by atoms with Crippen LogP contribution < -0.4 is 4.74 Å². The number of hydrogen-bond donors (Lipinski definition) is 0. The second kappa shape index (κ2) is 11.9. The molecule has 0 spiro atoms. The third-order valence-electron chi connectivity index (χ3n) is 5.66. The molecular formula is C25H39NO3. The van der Waals surface area contributed by atoms with Gasteiger partial charge in [0.2, 0.25) is 0 Å². The van der Waals surface area contributed by atoms with Crippen LogP contribution in [0.25, 0.3) is 0 Å². The Hall–Kier alpha value is -1.97. The fraction of sp³-hybridized carbons (Fsp3) is 0.640. The predicted octanol–water partition coefficient (Wildman–Crippen LogP) is 6.59. The molecule has 0 N–H and O–H groups in total. The lowest BCUT2D eigenvalue weighted by atomic mass is 9.85. The Balaban J connectivity index is 2.16. The molecule has 2 unspecified atom stereocenters. The average molecular weight is 402 g/mol. The molecule has 0 bridgehead atoms. The molecular weight excluding hydrogens is 362 g/mol. The lowest BCUT2D eigenvalue weighted by molar-refractivity contribution is 0.0699. The number of para-hydroxylation sites is 1. The van der Waals surface area contributed by atoms with E-state index < -0.39 is 0 Å². The molecule has 0 heterocycles. The van der Waals surface area contributed by atoms with Gasteiger partial charge in [0.25, 0.3) is 0 Å². The van der Waals surface area contributed by atoms with E-state index in [2.05, 4.69) is 27.4 Å². The van der Waals surface area contributed by atoms with E-state index in [1.807, 2.05) is 36.1 Å². The molecule has 1 aliphatic carbocycles. The van der Waals surface area contributed by atoms with Gasteiger partial charge in [-0.15, -0.1) is 0 Å². The summed E-state index contributed by atoms with van der Waals surface area (Å²) in [5, 5.41) is 0. The standard InChI is InChI=1S/C25H39NO3/c1-6-21(5)29-24-15-11-10-14-23(24)17-26(25(27)28-18-19(2)3)20(4)16-22-12-8-7-9-13-22/h6,10-11,14-15,19-22H,1,7-9,12-13,16-18H2,2-5H3. The molecule has 1 aromatic rings. The average Bonchev–Trinajstić information content (AvgIpc) is 2.71. The van der Waals surface area contributed by atoms with E-state index in [0.29, 0.717) is 25.0 Å². The Labute approximate surface area is 177 Å². The Morgan fingerprint density at radius 2 is 1.86 bits per heavy atom. The lowest BCUT2D eigenvalue weighted by Crippen LogP contribution is -2.40. The van der Waals surface area contributed by atoms with Crippen molar-refractivity contribution in [3.05, 3.63) is 42.5 Å². The minimum Gasteiger partial charge on any atom is -0.486 e. The Morgan fingerprint density at radius 3 is 2.52 bits per heavy atom. The van der Waals surface area contributed by atoms with Gasteiger partial charge in [-0.1, -0.05) is 76.8 Å². The van der Waals surface area contributed by atoms with Crippen LogP contribution in [0.15, 0.2) is 36.9 Å². The highest BCUT2D eigenvalue weighted by molar-refractivity contribution is 5.68. The first-order chi connectivity index (χ1) is 13.9. The summed E-state index contributed by atoms with van der Waals surface area (Å²) < 4.78 is 11.6. The van der Waals surface area contributed by atoms with Crippen LogP contribution in [0.2, 0.25) is 0 Å². The number of rotatable bonds is 10. The van der Waals surface area contributed by atoms with Crippen LogP contribution in [0, 0.1) is 11.8 Å². The van der Waals surface area contributed by atoms with Crippen molar-refractivity contribution in [3.63, 3.8) is 0 Å². The van der Waals surface area contributed by atoms with E-state index in [1.165, 1.54) is 32.1 Å². The SMILES string of the molecule is C=CC(C)Oc1ccccc1CN(C(=O)OCC(C)C)C(C)CC1CCCCC1. The van der Waals surface area contributed by atoms with Crippen molar-refractivity contribution in [2.45, 2.75) is 84.9 Å². The zero-order chi connectivity index (χ0) is 21.2. The van der Waals surface area contributed by atoms with Gasteiger partial charge in [0.15, 0.2) is 0 Å². The van der Waals surface area contributed by atoms with Gasteiger partial charge >= 0.3 is 6.09 Å². The highest BCUT2D eigenvalue weighted by Crippen LogP contribution is 2.30. The fourth-order valence-corrected chi connectivity index (χ4v) is 3.94. The van der Waals surface area contributed by atoms with Crippen molar-refractivity contribution in [1.29, 1.82) is 0 Å². The first-order valence-corrected chi connectivity index (χ1v) is 11.2. The zero-order valence-corrected chi connectivity index (χ0v) is 18.7. The summed E-state index contributed by atoms with van der Waals surface area (Å²) in [7, 11) is 0. The van der Waals surface area contributed by atoms with Crippen LogP contribution in [0.1, 0.15) is 71.8 Å². The van der Waals surface area contributed by atoms with Crippen molar-refractivity contribution < 1.29 is 14.3 Å². The molecule has 1 saturated carbocycles.